The SMILES string of the molecule is COc1cc(CNCc2cccnc2)cc(Cl)c1OCc1ccccc1F. The standard InChI is InChI=1S/C21H20ClFN2O2/c1-26-20-10-16(13-25-12-15-5-4-8-24-11-15)9-18(22)21(20)27-14-17-6-2-3-7-19(17)23/h2-11,25H,12-14H2,1H3. The van der Waals surface area contributed by atoms with Crippen LogP contribution in [0.15, 0.2) is 60.9 Å². The summed E-state index contributed by atoms with van der Waals surface area (Å²) in [5.41, 5.74) is 2.51. The monoisotopic (exact) mass is 386 g/mol. The van der Waals surface area contributed by atoms with Crippen molar-refractivity contribution in [2.75, 3.05) is 7.11 Å². The summed E-state index contributed by atoms with van der Waals surface area (Å²) in [7, 11) is 1.55. The third-order valence-electron chi connectivity index (χ3n) is 4.00. The Hall–Kier alpha value is -2.63. The molecule has 1 heterocycles. The van der Waals surface area contributed by atoms with Gasteiger partial charge in [0.1, 0.15) is 12.4 Å². The molecule has 140 valence electrons. The fraction of sp³-hybridized carbons (Fsp3) is 0.190. The summed E-state index contributed by atoms with van der Waals surface area (Å²) < 4.78 is 24.9. The number of nitrogens with zero attached hydrogens (tertiary/aromatic N) is 1. The largest absolute Gasteiger partial charge is 0.493 e. The van der Waals surface area contributed by atoms with Gasteiger partial charge >= 0.3 is 0 Å². The first-order valence-corrected chi connectivity index (χ1v) is 8.87. The molecular formula is C21H20ClFN2O2. The molecule has 0 aliphatic heterocycles. The number of ether oxygens (including phenoxy) is 2. The van der Waals surface area contributed by atoms with Crippen LogP contribution in [-0.2, 0) is 19.7 Å². The number of hydrogen-bond donors (Lipinski definition) is 1. The average molecular weight is 387 g/mol. The predicted octanol–water partition coefficient (Wildman–Crippen LogP) is 4.75. The molecule has 0 saturated carbocycles. The number of halogens is 2. The molecule has 0 radical (unpaired) electrons. The number of pyridine rings is 1. The van der Waals surface area contributed by atoms with Crippen molar-refractivity contribution in [3.63, 3.8) is 0 Å². The van der Waals surface area contributed by atoms with Crippen LogP contribution in [0.5, 0.6) is 11.5 Å². The van der Waals surface area contributed by atoms with E-state index in [0.717, 1.165) is 11.1 Å². The third-order valence-corrected chi connectivity index (χ3v) is 4.28. The highest BCUT2D eigenvalue weighted by molar-refractivity contribution is 6.32. The maximum absolute atomic E-state index is 13.8. The van der Waals surface area contributed by atoms with Gasteiger partial charge in [-0.2, -0.15) is 0 Å². The van der Waals surface area contributed by atoms with Gasteiger partial charge in [-0.25, -0.2) is 4.39 Å². The van der Waals surface area contributed by atoms with Crippen molar-refractivity contribution in [3.8, 4) is 11.5 Å². The van der Waals surface area contributed by atoms with Crippen molar-refractivity contribution in [3.05, 3.63) is 88.5 Å². The highest BCUT2D eigenvalue weighted by Gasteiger charge is 2.13. The number of aromatic nitrogens is 1. The van der Waals surface area contributed by atoms with Crippen LogP contribution >= 0.6 is 11.6 Å². The van der Waals surface area contributed by atoms with Crippen molar-refractivity contribution in [2.45, 2.75) is 19.7 Å². The Morgan fingerprint density at radius 3 is 2.63 bits per heavy atom. The third kappa shape index (κ3) is 5.18. The first kappa shape index (κ1) is 19.1. The van der Waals surface area contributed by atoms with Gasteiger partial charge in [-0.1, -0.05) is 35.9 Å². The zero-order chi connectivity index (χ0) is 19.1. The van der Waals surface area contributed by atoms with Crippen molar-refractivity contribution in [2.24, 2.45) is 0 Å². The number of benzene rings is 2. The van der Waals surface area contributed by atoms with E-state index >= 15 is 0 Å². The van der Waals surface area contributed by atoms with Gasteiger partial charge in [-0.3, -0.25) is 4.98 Å². The van der Waals surface area contributed by atoms with Crippen molar-refractivity contribution in [1.82, 2.24) is 10.3 Å². The normalized spacial score (nSPS) is 10.6. The first-order chi connectivity index (χ1) is 13.2. The molecule has 0 atom stereocenters. The molecular weight excluding hydrogens is 367 g/mol. The van der Waals surface area contributed by atoms with Gasteiger partial charge in [0.2, 0.25) is 0 Å². The topological polar surface area (TPSA) is 43.4 Å². The van der Waals surface area contributed by atoms with E-state index in [4.69, 9.17) is 21.1 Å². The smallest absolute Gasteiger partial charge is 0.180 e. The molecule has 0 spiro atoms. The zero-order valence-electron chi connectivity index (χ0n) is 14.9. The summed E-state index contributed by atoms with van der Waals surface area (Å²) >= 11 is 6.38. The minimum atomic E-state index is -0.316. The molecule has 1 N–H and O–H groups in total. The van der Waals surface area contributed by atoms with Crippen LogP contribution in [0.3, 0.4) is 0 Å². The van der Waals surface area contributed by atoms with Crippen molar-refractivity contribution < 1.29 is 13.9 Å². The van der Waals surface area contributed by atoms with Crippen LogP contribution in [0.2, 0.25) is 5.02 Å². The van der Waals surface area contributed by atoms with E-state index in [2.05, 4.69) is 10.3 Å². The van der Waals surface area contributed by atoms with Gasteiger partial charge in [0.25, 0.3) is 0 Å². The Labute approximate surface area is 162 Å². The number of nitrogens with one attached hydrogen (secondary N) is 1. The Balaban J connectivity index is 1.66. The predicted molar refractivity (Wildman–Crippen MR) is 104 cm³/mol. The molecule has 0 aliphatic rings. The lowest BCUT2D eigenvalue weighted by Gasteiger charge is -2.15. The van der Waals surface area contributed by atoms with Crippen LogP contribution in [0, 0.1) is 5.82 Å². The van der Waals surface area contributed by atoms with Crippen LogP contribution in [0.25, 0.3) is 0 Å². The number of methoxy groups -OCH3 is 1. The summed E-state index contributed by atoms with van der Waals surface area (Å²) in [5.74, 6) is 0.597. The average Bonchev–Trinajstić information content (AvgIpc) is 2.69. The second-order valence-corrected chi connectivity index (χ2v) is 6.36. The first-order valence-electron chi connectivity index (χ1n) is 8.49. The van der Waals surface area contributed by atoms with E-state index in [-0.39, 0.29) is 12.4 Å². The molecule has 0 amide bonds. The molecule has 4 nitrogen and oxygen atoms in total. The van der Waals surface area contributed by atoms with Crippen LogP contribution in [0.1, 0.15) is 16.7 Å². The van der Waals surface area contributed by atoms with E-state index < -0.39 is 0 Å². The summed E-state index contributed by atoms with van der Waals surface area (Å²) in [6.07, 6.45) is 3.56. The van der Waals surface area contributed by atoms with Gasteiger partial charge in [0, 0.05) is 31.0 Å². The number of hydrogen-bond acceptors (Lipinski definition) is 4. The molecule has 1 aromatic heterocycles. The molecule has 0 unspecified atom stereocenters. The quantitative estimate of drug-likeness (QED) is 0.606. The van der Waals surface area contributed by atoms with E-state index in [1.54, 1.807) is 31.5 Å². The zero-order valence-corrected chi connectivity index (χ0v) is 15.7. The summed E-state index contributed by atoms with van der Waals surface area (Å²) in [4.78, 5) is 4.09. The van der Waals surface area contributed by atoms with E-state index in [1.807, 2.05) is 30.5 Å². The van der Waals surface area contributed by atoms with Crippen molar-refractivity contribution >= 4 is 11.6 Å². The van der Waals surface area contributed by atoms with E-state index in [9.17, 15) is 4.39 Å². The fourth-order valence-corrected chi connectivity index (χ4v) is 2.92. The Kier molecular flexibility index (Phi) is 6.63. The molecule has 3 aromatic rings. The fourth-order valence-electron chi connectivity index (χ4n) is 2.63. The molecule has 2 aromatic carbocycles. The molecule has 0 aliphatic carbocycles. The Morgan fingerprint density at radius 1 is 1.07 bits per heavy atom. The minimum Gasteiger partial charge on any atom is -0.493 e. The second kappa shape index (κ2) is 9.35. The van der Waals surface area contributed by atoms with Gasteiger partial charge in [0.15, 0.2) is 11.5 Å². The van der Waals surface area contributed by atoms with Gasteiger partial charge in [-0.15, -0.1) is 0 Å². The van der Waals surface area contributed by atoms with E-state index in [1.165, 1.54) is 6.07 Å². The summed E-state index contributed by atoms with van der Waals surface area (Å²) in [6, 6.07) is 14.1. The van der Waals surface area contributed by atoms with Crippen molar-refractivity contribution in [1.29, 1.82) is 0 Å². The molecule has 0 fully saturated rings. The van der Waals surface area contributed by atoms with E-state index in [0.29, 0.717) is 35.2 Å². The molecule has 0 bridgehead atoms. The lowest BCUT2D eigenvalue weighted by molar-refractivity contribution is 0.279. The lowest BCUT2D eigenvalue weighted by atomic mass is 10.2. The van der Waals surface area contributed by atoms with Gasteiger partial charge < -0.3 is 14.8 Å². The highest BCUT2D eigenvalue weighted by atomic mass is 35.5. The molecule has 27 heavy (non-hydrogen) atoms. The molecule has 6 heteroatoms. The summed E-state index contributed by atoms with van der Waals surface area (Å²) in [5, 5.41) is 3.76. The Bertz CT molecular complexity index is 891. The molecule has 3 rings (SSSR count). The second-order valence-electron chi connectivity index (χ2n) is 5.95. The van der Waals surface area contributed by atoms with Gasteiger partial charge in [-0.05, 0) is 35.4 Å². The maximum Gasteiger partial charge on any atom is 0.180 e. The molecule has 0 saturated heterocycles. The van der Waals surface area contributed by atoms with Gasteiger partial charge in [0.05, 0.1) is 12.1 Å². The maximum atomic E-state index is 13.8. The lowest BCUT2D eigenvalue weighted by Crippen LogP contribution is -2.13. The van der Waals surface area contributed by atoms with Crippen LogP contribution < -0.4 is 14.8 Å². The summed E-state index contributed by atoms with van der Waals surface area (Å²) in [6.45, 7) is 1.37. The highest BCUT2D eigenvalue weighted by Crippen LogP contribution is 2.37. The number of rotatable bonds is 8. The van der Waals surface area contributed by atoms with Crippen LogP contribution in [-0.4, -0.2) is 12.1 Å². The minimum absolute atomic E-state index is 0.0708. The van der Waals surface area contributed by atoms with Crippen LogP contribution in [0.4, 0.5) is 4.39 Å². The Morgan fingerprint density at radius 2 is 1.89 bits per heavy atom.